The van der Waals surface area contributed by atoms with Crippen molar-refractivity contribution in [2.24, 2.45) is 5.92 Å². The molecule has 1 aliphatic carbocycles. The fourth-order valence-electron chi connectivity index (χ4n) is 2.62. The van der Waals surface area contributed by atoms with Gasteiger partial charge in [0.1, 0.15) is 5.82 Å². The predicted molar refractivity (Wildman–Crippen MR) is 99.1 cm³/mol. The van der Waals surface area contributed by atoms with Crippen LogP contribution in [0.5, 0.6) is 0 Å². The van der Waals surface area contributed by atoms with E-state index in [0.29, 0.717) is 34.5 Å². The summed E-state index contributed by atoms with van der Waals surface area (Å²) in [7, 11) is 0. The summed E-state index contributed by atoms with van der Waals surface area (Å²) in [5, 5.41) is 4.51. The summed E-state index contributed by atoms with van der Waals surface area (Å²) >= 11 is 6.16. The van der Waals surface area contributed by atoms with Crippen molar-refractivity contribution < 1.29 is 0 Å². The Hall–Kier alpha value is -2.84. The van der Waals surface area contributed by atoms with Crippen LogP contribution in [0.15, 0.2) is 47.5 Å². The number of pyridine rings is 1. The Kier molecular flexibility index (Phi) is 4.12. The van der Waals surface area contributed by atoms with Crippen LogP contribution in [0.4, 0.5) is 5.82 Å². The van der Waals surface area contributed by atoms with E-state index in [1.807, 2.05) is 12.1 Å². The minimum absolute atomic E-state index is 0.389. The van der Waals surface area contributed by atoms with Gasteiger partial charge in [-0.2, -0.15) is 4.98 Å². The van der Waals surface area contributed by atoms with Crippen molar-refractivity contribution in [2.45, 2.75) is 12.8 Å². The molecule has 0 unspecified atom stereocenters. The van der Waals surface area contributed by atoms with E-state index in [2.05, 4.69) is 27.1 Å². The molecule has 1 aromatic carbocycles. The normalized spacial score (nSPS) is 13.3. The van der Waals surface area contributed by atoms with Gasteiger partial charge in [-0.15, -0.1) is 0 Å². The van der Waals surface area contributed by atoms with Crippen LogP contribution in [0.2, 0.25) is 5.02 Å². The summed E-state index contributed by atoms with van der Waals surface area (Å²) in [5.41, 5.74) is 0.936. The minimum atomic E-state index is -0.389. The Bertz CT molecular complexity index is 1050. The van der Waals surface area contributed by atoms with Gasteiger partial charge in [0.25, 0.3) is 0 Å². The molecule has 0 bridgehead atoms. The number of hydrogen-bond acceptors (Lipinski definition) is 4. The third-order valence-electron chi connectivity index (χ3n) is 3.99. The number of nitrogens with one attached hydrogen (secondary N) is 1. The first-order chi connectivity index (χ1) is 12.2. The largest absolute Gasteiger partial charge is 0.358 e. The van der Waals surface area contributed by atoms with Crippen LogP contribution in [0, 0.1) is 17.8 Å². The first kappa shape index (κ1) is 15.7. The molecule has 2 aromatic heterocycles. The minimum Gasteiger partial charge on any atom is -0.358 e. The number of halogens is 1. The maximum Gasteiger partial charge on any atom is 0.354 e. The molecule has 5 nitrogen and oxygen atoms in total. The highest BCUT2D eigenvalue weighted by atomic mass is 35.5. The molecule has 1 saturated carbocycles. The number of benzene rings is 1. The van der Waals surface area contributed by atoms with Gasteiger partial charge in [0.2, 0.25) is 0 Å². The molecule has 4 rings (SSSR count). The van der Waals surface area contributed by atoms with Crippen LogP contribution in [0.1, 0.15) is 12.8 Å². The Morgan fingerprint density at radius 1 is 1.32 bits per heavy atom. The van der Waals surface area contributed by atoms with Crippen molar-refractivity contribution in [3.05, 3.63) is 58.2 Å². The van der Waals surface area contributed by atoms with Gasteiger partial charge in [0.05, 0.1) is 23.9 Å². The third-order valence-corrected chi connectivity index (χ3v) is 4.22. The molecule has 0 saturated heterocycles. The van der Waals surface area contributed by atoms with Crippen LogP contribution in [0.3, 0.4) is 0 Å². The number of nitrogens with zero attached hydrogens (tertiary/aromatic N) is 3. The van der Waals surface area contributed by atoms with Crippen molar-refractivity contribution >= 4 is 28.3 Å². The van der Waals surface area contributed by atoms with Crippen LogP contribution < -0.4 is 11.0 Å². The molecule has 3 aromatic rings. The second-order valence-corrected chi connectivity index (χ2v) is 6.34. The lowest BCUT2D eigenvalue weighted by Gasteiger charge is -2.13. The van der Waals surface area contributed by atoms with E-state index in [1.165, 1.54) is 17.4 Å². The molecule has 0 atom stereocenters. The van der Waals surface area contributed by atoms with E-state index >= 15 is 0 Å². The zero-order chi connectivity index (χ0) is 17.2. The Balaban J connectivity index is 1.81. The first-order valence-electron chi connectivity index (χ1n) is 8.07. The monoisotopic (exact) mass is 350 g/mol. The molecule has 1 N–H and O–H groups in total. The molecule has 25 heavy (non-hydrogen) atoms. The molecule has 0 aliphatic heterocycles. The highest BCUT2D eigenvalue weighted by Crippen LogP contribution is 2.27. The standard InChI is InChI=1S/C19H15ClN4O/c20-14-7-8-16-17(11-14)24(15-4-2-9-21-12-15)19(25)23-18(16)22-10-1-3-13-5-6-13/h2,4,7-9,11-13H,5-6,10H2,(H,22,23,25). The van der Waals surface area contributed by atoms with E-state index in [9.17, 15) is 4.79 Å². The molecular weight excluding hydrogens is 336 g/mol. The van der Waals surface area contributed by atoms with Gasteiger partial charge in [-0.05, 0) is 43.2 Å². The van der Waals surface area contributed by atoms with Crippen molar-refractivity contribution in [3.8, 4) is 17.5 Å². The van der Waals surface area contributed by atoms with E-state index in [-0.39, 0.29) is 5.69 Å². The highest BCUT2D eigenvalue weighted by Gasteiger charge is 2.17. The fraction of sp³-hybridized carbons (Fsp3) is 0.211. The zero-order valence-electron chi connectivity index (χ0n) is 13.4. The van der Waals surface area contributed by atoms with E-state index < -0.39 is 0 Å². The number of hydrogen-bond donors (Lipinski definition) is 1. The average Bonchev–Trinajstić information content (AvgIpc) is 3.43. The van der Waals surface area contributed by atoms with Gasteiger partial charge in [0, 0.05) is 22.5 Å². The lowest BCUT2D eigenvalue weighted by molar-refractivity contribution is 0.951. The Morgan fingerprint density at radius 3 is 2.96 bits per heavy atom. The summed E-state index contributed by atoms with van der Waals surface area (Å²) in [6, 6.07) is 8.98. The molecule has 0 spiro atoms. The van der Waals surface area contributed by atoms with Crippen LogP contribution in [-0.4, -0.2) is 21.1 Å². The van der Waals surface area contributed by atoms with E-state index in [4.69, 9.17) is 11.6 Å². The second-order valence-electron chi connectivity index (χ2n) is 5.90. The lowest BCUT2D eigenvalue weighted by Crippen LogP contribution is -2.23. The SMILES string of the molecule is O=c1nc(NCC#CC2CC2)c2ccc(Cl)cc2n1-c1cccnc1. The summed E-state index contributed by atoms with van der Waals surface area (Å²) in [6.45, 7) is 0.456. The maximum atomic E-state index is 12.6. The smallest absolute Gasteiger partial charge is 0.354 e. The van der Waals surface area contributed by atoms with Crippen molar-refractivity contribution in [1.82, 2.24) is 14.5 Å². The Morgan fingerprint density at radius 2 is 2.20 bits per heavy atom. The van der Waals surface area contributed by atoms with Gasteiger partial charge < -0.3 is 5.32 Å². The average molecular weight is 351 g/mol. The molecule has 0 amide bonds. The van der Waals surface area contributed by atoms with Gasteiger partial charge in [-0.1, -0.05) is 23.4 Å². The number of aromatic nitrogens is 3. The van der Waals surface area contributed by atoms with Gasteiger partial charge >= 0.3 is 5.69 Å². The molecule has 124 valence electrons. The van der Waals surface area contributed by atoms with Crippen LogP contribution >= 0.6 is 11.6 Å². The van der Waals surface area contributed by atoms with Gasteiger partial charge in [-0.25, -0.2) is 4.79 Å². The van der Waals surface area contributed by atoms with Crippen molar-refractivity contribution in [3.63, 3.8) is 0 Å². The fourth-order valence-corrected chi connectivity index (χ4v) is 2.79. The van der Waals surface area contributed by atoms with Gasteiger partial charge in [-0.3, -0.25) is 9.55 Å². The molecule has 2 heterocycles. The first-order valence-corrected chi connectivity index (χ1v) is 8.45. The van der Waals surface area contributed by atoms with Gasteiger partial charge in [0.15, 0.2) is 0 Å². The van der Waals surface area contributed by atoms with Crippen molar-refractivity contribution in [1.29, 1.82) is 0 Å². The predicted octanol–water partition coefficient (Wildman–Crippen LogP) is 3.26. The molecule has 1 aliphatic rings. The quantitative estimate of drug-likeness (QED) is 0.736. The van der Waals surface area contributed by atoms with Crippen molar-refractivity contribution in [2.75, 3.05) is 11.9 Å². The number of anilines is 1. The highest BCUT2D eigenvalue weighted by molar-refractivity contribution is 6.31. The van der Waals surface area contributed by atoms with Crippen LogP contribution in [-0.2, 0) is 0 Å². The number of fused-ring (bicyclic) bond motifs is 1. The Labute approximate surface area is 149 Å². The molecular formula is C19H15ClN4O. The second kappa shape index (κ2) is 6.58. The summed E-state index contributed by atoms with van der Waals surface area (Å²) in [5.74, 6) is 7.34. The zero-order valence-corrected chi connectivity index (χ0v) is 14.1. The number of rotatable bonds is 3. The summed E-state index contributed by atoms with van der Waals surface area (Å²) in [6.07, 6.45) is 5.66. The molecule has 0 radical (unpaired) electrons. The summed E-state index contributed by atoms with van der Waals surface area (Å²) in [4.78, 5) is 20.9. The van der Waals surface area contributed by atoms with E-state index in [1.54, 1.807) is 30.6 Å². The maximum absolute atomic E-state index is 12.6. The molecule has 1 fully saturated rings. The summed E-state index contributed by atoms with van der Waals surface area (Å²) < 4.78 is 1.51. The van der Waals surface area contributed by atoms with Crippen LogP contribution in [0.25, 0.3) is 16.6 Å². The van der Waals surface area contributed by atoms with E-state index in [0.717, 1.165) is 5.39 Å². The topological polar surface area (TPSA) is 59.8 Å². The third kappa shape index (κ3) is 3.35. The lowest BCUT2D eigenvalue weighted by atomic mass is 10.2. The molecule has 6 heteroatoms.